The second-order valence-electron chi connectivity index (χ2n) is 9.53. The maximum absolute atomic E-state index is 13.1. The summed E-state index contributed by atoms with van der Waals surface area (Å²) < 4.78 is 0. The summed E-state index contributed by atoms with van der Waals surface area (Å²) in [5, 5.41) is 3.24. The molecular formula is C24H37N5O2. The molecule has 1 aromatic heterocycles. The Balaban J connectivity index is 1.30. The summed E-state index contributed by atoms with van der Waals surface area (Å²) in [7, 11) is 0. The molecule has 2 saturated heterocycles. The number of likely N-dealkylation sites (tertiary alicyclic amines) is 1. The van der Waals surface area contributed by atoms with E-state index in [0.29, 0.717) is 24.1 Å². The summed E-state index contributed by atoms with van der Waals surface area (Å²) in [6, 6.07) is 4.10. The predicted molar refractivity (Wildman–Crippen MR) is 122 cm³/mol. The van der Waals surface area contributed by atoms with Crippen molar-refractivity contribution in [2.45, 2.75) is 57.9 Å². The Hall–Kier alpha value is -2.15. The van der Waals surface area contributed by atoms with Crippen LogP contribution in [0.4, 0.5) is 5.82 Å². The standard InChI is InChI=1S/C24H37N5O2/c1-19-7-5-8-20(17-19)26-22(30)18-27-13-15-28(16-14-27)23-21(9-6-10-25-23)24(31)29-11-3-2-4-12-29/h6,9-10,19-20H,2-5,7-8,11-18H2,1H3,(H,26,30). The number of piperazine rings is 1. The van der Waals surface area contributed by atoms with Gasteiger partial charge in [0.2, 0.25) is 5.91 Å². The second kappa shape index (κ2) is 10.4. The first-order chi connectivity index (χ1) is 15.1. The Labute approximate surface area is 186 Å². The third-order valence-electron chi connectivity index (χ3n) is 7.00. The van der Waals surface area contributed by atoms with E-state index >= 15 is 0 Å². The molecule has 2 atom stereocenters. The van der Waals surface area contributed by atoms with Gasteiger partial charge in [-0.05, 0) is 50.2 Å². The number of carbonyl (C=O) groups excluding carboxylic acids is 2. The highest BCUT2D eigenvalue weighted by Gasteiger charge is 2.27. The average molecular weight is 428 g/mol. The lowest BCUT2D eigenvalue weighted by atomic mass is 9.87. The van der Waals surface area contributed by atoms with E-state index in [-0.39, 0.29) is 11.8 Å². The first-order valence-electron chi connectivity index (χ1n) is 12.1. The van der Waals surface area contributed by atoms with Crippen LogP contribution in [0.3, 0.4) is 0 Å². The molecule has 7 nitrogen and oxygen atoms in total. The van der Waals surface area contributed by atoms with Crippen LogP contribution in [0.2, 0.25) is 0 Å². The number of nitrogens with one attached hydrogen (secondary N) is 1. The molecule has 3 aliphatic rings. The topological polar surface area (TPSA) is 68.8 Å². The molecule has 1 N–H and O–H groups in total. The third kappa shape index (κ3) is 5.76. The number of amides is 2. The number of hydrogen-bond acceptors (Lipinski definition) is 5. The van der Waals surface area contributed by atoms with E-state index in [9.17, 15) is 9.59 Å². The molecule has 2 unspecified atom stereocenters. The summed E-state index contributed by atoms with van der Waals surface area (Å²) in [4.78, 5) is 36.6. The zero-order chi connectivity index (χ0) is 21.6. The molecule has 1 saturated carbocycles. The Morgan fingerprint density at radius 1 is 1.03 bits per heavy atom. The van der Waals surface area contributed by atoms with E-state index in [0.717, 1.165) is 70.8 Å². The largest absolute Gasteiger partial charge is 0.353 e. The summed E-state index contributed by atoms with van der Waals surface area (Å²) >= 11 is 0. The number of aromatic nitrogens is 1. The van der Waals surface area contributed by atoms with Crippen molar-refractivity contribution in [2.75, 3.05) is 50.7 Å². The first kappa shape index (κ1) is 22.1. The normalized spacial score (nSPS) is 25.3. The van der Waals surface area contributed by atoms with Crippen molar-refractivity contribution in [3.63, 3.8) is 0 Å². The minimum atomic E-state index is 0.103. The SMILES string of the molecule is CC1CCCC(NC(=O)CN2CCN(c3ncccc3C(=O)N3CCCCC3)CC2)C1. The number of carbonyl (C=O) groups is 2. The molecule has 2 amide bonds. The van der Waals surface area contributed by atoms with Gasteiger partial charge in [0, 0.05) is 51.5 Å². The van der Waals surface area contributed by atoms with Gasteiger partial charge in [-0.1, -0.05) is 19.8 Å². The highest BCUT2D eigenvalue weighted by Crippen LogP contribution is 2.24. The number of hydrogen-bond donors (Lipinski definition) is 1. The van der Waals surface area contributed by atoms with E-state index in [1.807, 2.05) is 17.0 Å². The van der Waals surface area contributed by atoms with Crippen LogP contribution in [0.5, 0.6) is 0 Å². The maximum atomic E-state index is 13.1. The number of nitrogens with zero attached hydrogens (tertiary/aromatic N) is 4. The third-order valence-corrected chi connectivity index (χ3v) is 7.00. The Bertz CT molecular complexity index is 756. The first-order valence-corrected chi connectivity index (χ1v) is 12.1. The predicted octanol–water partition coefficient (Wildman–Crippen LogP) is 2.52. The van der Waals surface area contributed by atoms with Crippen molar-refractivity contribution in [2.24, 2.45) is 5.92 Å². The fourth-order valence-corrected chi connectivity index (χ4v) is 5.24. The van der Waals surface area contributed by atoms with Crippen LogP contribution < -0.4 is 10.2 Å². The van der Waals surface area contributed by atoms with Gasteiger partial charge in [0.25, 0.3) is 5.91 Å². The lowest BCUT2D eigenvalue weighted by molar-refractivity contribution is -0.123. The van der Waals surface area contributed by atoms with Crippen LogP contribution in [0.1, 0.15) is 62.2 Å². The van der Waals surface area contributed by atoms with Crippen LogP contribution in [-0.2, 0) is 4.79 Å². The van der Waals surface area contributed by atoms with Crippen molar-refractivity contribution >= 4 is 17.6 Å². The number of pyridine rings is 1. The van der Waals surface area contributed by atoms with Gasteiger partial charge in [-0.2, -0.15) is 0 Å². The summed E-state index contributed by atoms with van der Waals surface area (Å²) in [5.41, 5.74) is 0.710. The van der Waals surface area contributed by atoms with E-state index in [1.54, 1.807) is 6.20 Å². The molecule has 31 heavy (non-hydrogen) atoms. The molecular weight excluding hydrogens is 390 g/mol. The smallest absolute Gasteiger partial charge is 0.257 e. The molecule has 170 valence electrons. The molecule has 4 rings (SSSR count). The fraction of sp³-hybridized carbons (Fsp3) is 0.708. The second-order valence-corrected chi connectivity index (χ2v) is 9.53. The summed E-state index contributed by atoms with van der Waals surface area (Å²) in [6.45, 7) is 7.60. The van der Waals surface area contributed by atoms with Crippen molar-refractivity contribution < 1.29 is 9.59 Å². The van der Waals surface area contributed by atoms with Gasteiger partial charge >= 0.3 is 0 Å². The van der Waals surface area contributed by atoms with Crippen LogP contribution in [-0.4, -0.2) is 78.5 Å². The molecule has 2 aliphatic heterocycles. The monoisotopic (exact) mass is 427 g/mol. The van der Waals surface area contributed by atoms with Gasteiger partial charge in [-0.15, -0.1) is 0 Å². The van der Waals surface area contributed by atoms with Crippen molar-refractivity contribution in [1.29, 1.82) is 0 Å². The van der Waals surface area contributed by atoms with E-state index in [2.05, 4.69) is 27.0 Å². The Kier molecular flexibility index (Phi) is 7.43. The fourth-order valence-electron chi connectivity index (χ4n) is 5.24. The van der Waals surface area contributed by atoms with Gasteiger partial charge in [0.15, 0.2) is 0 Å². The van der Waals surface area contributed by atoms with E-state index in [1.165, 1.54) is 19.3 Å². The Morgan fingerprint density at radius 2 is 1.81 bits per heavy atom. The van der Waals surface area contributed by atoms with Gasteiger partial charge in [-0.25, -0.2) is 4.98 Å². The quantitative estimate of drug-likeness (QED) is 0.782. The minimum absolute atomic E-state index is 0.103. The number of piperidine rings is 1. The van der Waals surface area contributed by atoms with Crippen molar-refractivity contribution in [3.05, 3.63) is 23.9 Å². The van der Waals surface area contributed by atoms with Gasteiger partial charge in [0.05, 0.1) is 12.1 Å². The van der Waals surface area contributed by atoms with E-state index in [4.69, 9.17) is 0 Å². The molecule has 3 heterocycles. The molecule has 1 aliphatic carbocycles. The lowest BCUT2D eigenvalue weighted by Gasteiger charge is -2.36. The van der Waals surface area contributed by atoms with Gasteiger partial charge < -0.3 is 15.1 Å². The van der Waals surface area contributed by atoms with Crippen molar-refractivity contribution in [1.82, 2.24) is 20.1 Å². The summed E-state index contributed by atoms with van der Waals surface area (Å²) in [5.74, 6) is 1.75. The molecule has 7 heteroatoms. The number of anilines is 1. The van der Waals surface area contributed by atoms with Gasteiger partial charge in [0.1, 0.15) is 5.82 Å². The Morgan fingerprint density at radius 3 is 2.55 bits per heavy atom. The average Bonchev–Trinajstić information content (AvgIpc) is 2.80. The van der Waals surface area contributed by atoms with E-state index < -0.39 is 0 Å². The zero-order valence-corrected chi connectivity index (χ0v) is 18.9. The highest BCUT2D eigenvalue weighted by molar-refractivity contribution is 5.99. The van der Waals surface area contributed by atoms with Gasteiger partial charge in [-0.3, -0.25) is 14.5 Å². The minimum Gasteiger partial charge on any atom is -0.353 e. The van der Waals surface area contributed by atoms with Crippen molar-refractivity contribution in [3.8, 4) is 0 Å². The molecule has 1 aromatic rings. The summed E-state index contributed by atoms with van der Waals surface area (Å²) in [6.07, 6.45) is 9.86. The molecule has 0 radical (unpaired) electrons. The number of rotatable bonds is 5. The van der Waals surface area contributed by atoms with Crippen LogP contribution >= 0.6 is 0 Å². The lowest BCUT2D eigenvalue weighted by Crippen LogP contribution is -2.51. The molecule has 0 aromatic carbocycles. The van der Waals surface area contributed by atoms with Crippen LogP contribution in [0.15, 0.2) is 18.3 Å². The van der Waals surface area contributed by atoms with Crippen LogP contribution in [0.25, 0.3) is 0 Å². The molecule has 0 bridgehead atoms. The highest BCUT2D eigenvalue weighted by atomic mass is 16.2. The maximum Gasteiger partial charge on any atom is 0.257 e. The van der Waals surface area contributed by atoms with Crippen LogP contribution in [0, 0.1) is 5.92 Å². The molecule has 3 fully saturated rings. The zero-order valence-electron chi connectivity index (χ0n) is 18.9. The molecule has 0 spiro atoms.